The van der Waals surface area contributed by atoms with E-state index in [0.29, 0.717) is 0 Å². The molecule has 0 aliphatic carbocycles. The number of phenols is 1. The van der Waals surface area contributed by atoms with Gasteiger partial charge in [-0.15, -0.1) is 0 Å². The Kier molecular flexibility index (Phi) is 4.38. The zero-order chi connectivity index (χ0) is 14.9. The molecule has 0 heterocycles. The number of rotatable bonds is 2. The smallest absolute Gasteiger partial charge is 0.257 e. The standard InChI is InChI=1S/C13H7Cl3FNO2/c14-6-3-10(16)12(19)11(4-6)18-13(20)8-2-1-7(17)5-9(8)15/h1-5,19H,(H,18,20). The Labute approximate surface area is 128 Å². The van der Waals surface area contributed by atoms with Gasteiger partial charge in [-0.05, 0) is 30.3 Å². The van der Waals surface area contributed by atoms with Crippen LogP contribution in [-0.2, 0) is 0 Å². The van der Waals surface area contributed by atoms with Gasteiger partial charge in [0.15, 0.2) is 5.75 Å². The van der Waals surface area contributed by atoms with Crippen molar-refractivity contribution >= 4 is 46.4 Å². The SMILES string of the molecule is O=C(Nc1cc(Cl)cc(Cl)c1O)c1ccc(F)cc1Cl. The van der Waals surface area contributed by atoms with Gasteiger partial charge in [0.1, 0.15) is 5.82 Å². The highest BCUT2D eigenvalue weighted by molar-refractivity contribution is 6.37. The number of anilines is 1. The Morgan fingerprint density at radius 3 is 2.45 bits per heavy atom. The molecule has 104 valence electrons. The predicted octanol–water partition coefficient (Wildman–Crippen LogP) is 4.74. The predicted molar refractivity (Wildman–Crippen MR) is 77.5 cm³/mol. The summed E-state index contributed by atoms with van der Waals surface area (Å²) in [7, 11) is 0. The minimum Gasteiger partial charge on any atom is -0.504 e. The van der Waals surface area contributed by atoms with Gasteiger partial charge in [-0.25, -0.2) is 4.39 Å². The molecule has 0 unspecified atom stereocenters. The minimum absolute atomic E-state index is 0.00185. The third kappa shape index (κ3) is 3.15. The molecule has 2 N–H and O–H groups in total. The van der Waals surface area contributed by atoms with E-state index in [2.05, 4.69) is 5.32 Å². The molecule has 0 saturated carbocycles. The number of halogens is 4. The van der Waals surface area contributed by atoms with Crippen LogP contribution in [0.2, 0.25) is 15.1 Å². The fourth-order valence-electron chi connectivity index (χ4n) is 1.52. The maximum Gasteiger partial charge on any atom is 0.257 e. The summed E-state index contributed by atoms with van der Waals surface area (Å²) < 4.78 is 12.9. The second-order valence-corrected chi connectivity index (χ2v) is 5.11. The number of phenolic OH excluding ortho intramolecular Hbond substituents is 1. The molecule has 0 fully saturated rings. The summed E-state index contributed by atoms with van der Waals surface area (Å²) in [6.45, 7) is 0. The van der Waals surface area contributed by atoms with Crippen molar-refractivity contribution < 1.29 is 14.3 Å². The Morgan fingerprint density at radius 1 is 1.10 bits per heavy atom. The van der Waals surface area contributed by atoms with Crippen molar-refractivity contribution in [3.63, 3.8) is 0 Å². The lowest BCUT2D eigenvalue weighted by atomic mass is 10.2. The topological polar surface area (TPSA) is 49.3 Å². The second-order valence-electron chi connectivity index (χ2n) is 3.86. The van der Waals surface area contributed by atoms with Crippen LogP contribution in [0.15, 0.2) is 30.3 Å². The van der Waals surface area contributed by atoms with Crippen LogP contribution in [0.3, 0.4) is 0 Å². The summed E-state index contributed by atoms with van der Waals surface area (Å²) in [6, 6.07) is 6.01. The molecule has 7 heteroatoms. The summed E-state index contributed by atoms with van der Waals surface area (Å²) in [5, 5.41) is 12.3. The molecule has 0 aliphatic heterocycles. The van der Waals surface area contributed by atoms with E-state index < -0.39 is 11.7 Å². The zero-order valence-corrected chi connectivity index (χ0v) is 12.0. The average Bonchev–Trinajstić information content (AvgIpc) is 2.35. The van der Waals surface area contributed by atoms with Crippen LogP contribution in [-0.4, -0.2) is 11.0 Å². The van der Waals surface area contributed by atoms with Gasteiger partial charge in [-0.2, -0.15) is 0 Å². The highest BCUT2D eigenvalue weighted by Gasteiger charge is 2.15. The average molecular weight is 335 g/mol. The molecule has 0 atom stereocenters. The molecule has 0 spiro atoms. The third-order valence-corrected chi connectivity index (χ3v) is 3.27. The zero-order valence-electron chi connectivity index (χ0n) is 9.75. The van der Waals surface area contributed by atoms with Gasteiger partial charge in [-0.1, -0.05) is 34.8 Å². The molecule has 0 aromatic heterocycles. The van der Waals surface area contributed by atoms with E-state index in [9.17, 15) is 14.3 Å². The number of benzene rings is 2. The van der Waals surface area contributed by atoms with Crippen LogP contribution in [0.1, 0.15) is 10.4 Å². The van der Waals surface area contributed by atoms with Crippen molar-refractivity contribution in [3.8, 4) is 5.75 Å². The van der Waals surface area contributed by atoms with Crippen LogP contribution >= 0.6 is 34.8 Å². The fourth-order valence-corrected chi connectivity index (χ4v) is 2.27. The first-order valence-corrected chi connectivity index (χ1v) is 6.46. The van der Waals surface area contributed by atoms with E-state index in [1.54, 1.807) is 0 Å². The molecular weight excluding hydrogens is 328 g/mol. The molecule has 20 heavy (non-hydrogen) atoms. The van der Waals surface area contributed by atoms with Gasteiger partial charge in [0.05, 0.1) is 21.3 Å². The number of hydrogen-bond acceptors (Lipinski definition) is 2. The summed E-state index contributed by atoms with van der Waals surface area (Å²) in [5.74, 6) is -1.49. The van der Waals surface area contributed by atoms with Crippen molar-refractivity contribution in [2.75, 3.05) is 5.32 Å². The molecule has 0 aliphatic rings. The Balaban J connectivity index is 2.32. The van der Waals surface area contributed by atoms with E-state index in [1.165, 1.54) is 18.2 Å². The third-order valence-electron chi connectivity index (χ3n) is 2.45. The maximum atomic E-state index is 12.9. The number of amides is 1. The molecule has 2 aromatic carbocycles. The summed E-state index contributed by atoms with van der Waals surface area (Å²) in [6.07, 6.45) is 0. The van der Waals surface area contributed by atoms with Gasteiger partial charge in [0.2, 0.25) is 0 Å². The summed E-state index contributed by atoms with van der Waals surface area (Å²) >= 11 is 17.3. The highest BCUT2D eigenvalue weighted by atomic mass is 35.5. The number of aromatic hydroxyl groups is 1. The number of carbonyl (C=O) groups excluding carboxylic acids is 1. The Hall–Kier alpha value is -1.49. The molecule has 0 saturated heterocycles. The largest absolute Gasteiger partial charge is 0.504 e. The van der Waals surface area contributed by atoms with Crippen LogP contribution in [0, 0.1) is 5.82 Å². The molecule has 1 amide bonds. The number of carbonyl (C=O) groups is 1. The molecule has 0 radical (unpaired) electrons. The minimum atomic E-state index is -0.622. The van der Waals surface area contributed by atoms with Gasteiger partial charge < -0.3 is 10.4 Å². The molecule has 0 bridgehead atoms. The number of hydrogen-bond donors (Lipinski definition) is 2. The van der Waals surface area contributed by atoms with Crippen LogP contribution in [0.4, 0.5) is 10.1 Å². The van der Waals surface area contributed by atoms with Crippen molar-refractivity contribution in [3.05, 3.63) is 56.8 Å². The quantitative estimate of drug-likeness (QED) is 0.779. The van der Waals surface area contributed by atoms with Gasteiger partial charge in [0, 0.05) is 5.02 Å². The highest BCUT2D eigenvalue weighted by Crippen LogP contribution is 2.35. The lowest BCUT2D eigenvalue weighted by molar-refractivity contribution is 0.102. The fraction of sp³-hybridized carbons (Fsp3) is 0. The van der Waals surface area contributed by atoms with Crippen molar-refractivity contribution in [2.24, 2.45) is 0 Å². The van der Waals surface area contributed by atoms with E-state index in [4.69, 9.17) is 34.8 Å². The van der Waals surface area contributed by atoms with Crippen LogP contribution in [0.5, 0.6) is 5.75 Å². The second kappa shape index (κ2) is 5.87. The Morgan fingerprint density at radius 2 is 1.80 bits per heavy atom. The lowest BCUT2D eigenvalue weighted by Gasteiger charge is -2.10. The van der Waals surface area contributed by atoms with Crippen molar-refractivity contribution in [1.29, 1.82) is 0 Å². The first-order chi connectivity index (χ1) is 9.38. The molecule has 3 nitrogen and oxygen atoms in total. The van der Waals surface area contributed by atoms with E-state index in [1.807, 2.05) is 0 Å². The molecule has 2 aromatic rings. The normalized spacial score (nSPS) is 10.4. The van der Waals surface area contributed by atoms with Crippen molar-refractivity contribution in [2.45, 2.75) is 0 Å². The summed E-state index contributed by atoms with van der Waals surface area (Å²) in [4.78, 5) is 12.0. The molecule has 2 rings (SSSR count). The lowest BCUT2D eigenvalue weighted by Crippen LogP contribution is -2.12. The molecular formula is C13H7Cl3FNO2. The number of nitrogens with one attached hydrogen (secondary N) is 1. The maximum absolute atomic E-state index is 12.9. The van der Waals surface area contributed by atoms with E-state index in [0.717, 1.165) is 12.1 Å². The van der Waals surface area contributed by atoms with E-state index >= 15 is 0 Å². The first kappa shape index (κ1) is 14.9. The monoisotopic (exact) mass is 333 g/mol. The van der Waals surface area contributed by atoms with Gasteiger partial charge in [0.25, 0.3) is 5.91 Å². The van der Waals surface area contributed by atoms with Gasteiger partial charge >= 0.3 is 0 Å². The van der Waals surface area contributed by atoms with E-state index in [-0.39, 0.29) is 32.1 Å². The summed E-state index contributed by atoms with van der Waals surface area (Å²) in [5.41, 5.74) is 0.0939. The van der Waals surface area contributed by atoms with Gasteiger partial charge in [-0.3, -0.25) is 4.79 Å². The van der Waals surface area contributed by atoms with Crippen LogP contribution in [0.25, 0.3) is 0 Å². The Bertz CT molecular complexity index is 692. The first-order valence-electron chi connectivity index (χ1n) is 5.33. The van der Waals surface area contributed by atoms with Crippen LogP contribution < -0.4 is 5.32 Å². The van der Waals surface area contributed by atoms with Crippen molar-refractivity contribution in [1.82, 2.24) is 0 Å².